The quantitative estimate of drug-likeness (QED) is 0.679. The summed E-state index contributed by atoms with van der Waals surface area (Å²) in [6.45, 7) is 0.197. The molecule has 32 heavy (non-hydrogen) atoms. The molecule has 0 radical (unpaired) electrons. The van der Waals surface area contributed by atoms with Gasteiger partial charge in [0.1, 0.15) is 6.04 Å². The second-order valence-corrected chi connectivity index (χ2v) is 9.61. The molecule has 12 heteroatoms. The molecular formula is C20H15F3N4O3S2. The average molecular weight is 480 g/mol. The summed E-state index contributed by atoms with van der Waals surface area (Å²) in [5, 5.41) is 9.04. The van der Waals surface area contributed by atoms with E-state index in [-0.39, 0.29) is 23.8 Å². The SMILES string of the molecule is CS(=O)(=O)Nc1ccc2c(c1)CN1C(=S)N(c3ccc(C#N)c(C(F)(F)F)c3)C(=O)C1C2. The molecule has 0 spiro atoms. The Hall–Kier alpha value is -3.17. The minimum Gasteiger partial charge on any atom is -0.332 e. The summed E-state index contributed by atoms with van der Waals surface area (Å²) in [6.07, 6.45) is -3.47. The van der Waals surface area contributed by atoms with E-state index in [1.165, 1.54) is 12.1 Å². The Morgan fingerprint density at radius 3 is 2.53 bits per heavy atom. The van der Waals surface area contributed by atoms with E-state index in [9.17, 15) is 26.4 Å². The number of rotatable bonds is 3. The number of benzene rings is 2. The fraction of sp³-hybridized carbons (Fsp3) is 0.250. The number of alkyl halides is 3. The molecule has 1 atom stereocenters. The first-order valence-corrected chi connectivity index (χ1v) is 11.5. The van der Waals surface area contributed by atoms with Gasteiger partial charge in [-0.15, -0.1) is 0 Å². The molecule has 1 fully saturated rings. The van der Waals surface area contributed by atoms with E-state index in [1.807, 2.05) is 0 Å². The van der Waals surface area contributed by atoms with Crippen LogP contribution in [-0.2, 0) is 34.0 Å². The Morgan fingerprint density at radius 1 is 1.19 bits per heavy atom. The van der Waals surface area contributed by atoms with E-state index in [4.69, 9.17) is 17.5 Å². The van der Waals surface area contributed by atoms with Crippen LogP contribution < -0.4 is 9.62 Å². The fourth-order valence-corrected chi connectivity index (χ4v) is 4.84. The highest BCUT2D eigenvalue weighted by Gasteiger charge is 2.46. The monoisotopic (exact) mass is 480 g/mol. The van der Waals surface area contributed by atoms with Gasteiger partial charge in [0.05, 0.1) is 29.1 Å². The Labute approximate surface area is 187 Å². The number of hydrogen-bond acceptors (Lipinski definition) is 5. The lowest BCUT2D eigenvalue weighted by atomic mass is 9.94. The predicted molar refractivity (Wildman–Crippen MR) is 114 cm³/mol. The first-order valence-electron chi connectivity index (χ1n) is 9.24. The molecule has 0 bridgehead atoms. The standard InChI is InChI=1S/C20H15F3N4O3S2/c1-32(29,30)25-14-4-2-11-7-17-18(28)27(19(31)26(17)10-13(11)6-14)15-5-3-12(9-24)16(8-15)20(21,22)23/h2-6,8,17,25H,7,10H2,1H3. The number of fused-ring (bicyclic) bond motifs is 2. The van der Waals surface area contributed by atoms with Gasteiger partial charge >= 0.3 is 6.18 Å². The molecule has 166 valence electrons. The largest absolute Gasteiger partial charge is 0.417 e. The van der Waals surface area contributed by atoms with Gasteiger partial charge in [0, 0.05) is 18.7 Å². The molecule has 1 amide bonds. The van der Waals surface area contributed by atoms with Gasteiger partial charge < -0.3 is 4.90 Å². The zero-order valence-electron chi connectivity index (χ0n) is 16.5. The summed E-state index contributed by atoms with van der Waals surface area (Å²) < 4.78 is 65.5. The van der Waals surface area contributed by atoms with Crippen LogP contribution in [0.5, 0.6) is 0 Å². The first kappa shape index (κ1) is 22.0. The Morgan fingerprint density at radius 2 is 1.91 bits per heavy atom. The Bertz CT molecular complexity index is 1300. The Kier molecular flexibility index (Phi) is 5.14. The third-order valence-corrected chi connectivity index (χ3v) is 6.29. The highest BCUT2D eigenvalue weighted by molar-refractivity contribution is 7.92. The number of hydrogen-bond donors (Lipinski definition) is 1. The average Bonchev–Trinajstić information content (AvgIpc) is 2.94. The number of nitriles is 1. The van der Waals surface area contributed by atoms with Crippen LogP contribution in [0, 0.1) is 11.3 Å². The van der Waals surface area contributed by atoms with Crippen molar-refractivity contribution in [1.82, 2.24) is 4.90 Å². The molecule has 7 nitrogen and oxygen atoms in total. The maximum atomic E-state index is 13.4. The summed E-state index contributed by atoms with van der Waals surface area (Å²) >= 11 is 5.42. The number of nitrogens with one attached hydrogen (secondary N) is 1. The van der Waals surface area contributed by atoms with Crippen LogP contribution in [-0.4, -0.2) is 36.6 Å². The molecule has 2 aromatic carbocycles. The van der Waals surface area contributed by atoms with Gasteiger partial charge in [-0.3, -0.25) is 14.4 Å². The van der Waals surface area contributed by atoms with Crippen molar-refractivity contribution < 1.29 is 26.4 Å². The summed E-state index contributed by atoms with van der Waals surface area (Å²) in [5.74, 6) is -0.461. The number of amides is 1. The third-order valence-electron chi connectivity index (χ3n) is 5.27. The van der Waals surface area contributed by atoms with Crippen molar-refractivity contribution in [2.45, 2.75) is 25.2 Å². The molecule has 1 saturated heterocycles. The minimum absolute atomic E-state index is 0.0463. The van der Waals surface area contributed by atoms with E-state index >= 15 is 0 Å². The van der Waals surface area contributed by atoms with Crippen molar-refractivity contribution in [2.75, 3.05) is 15.9 Å². The van der Waals surface area contributed by atoms with Crippen LogP contribution in [0.2, 0.25) is 0 Å². The van der Waals surface area contributed by atoms with Crippen LogP contribution in [0.3, 0.4) is 0 Å². The van der Waals surface area contributed by atoms with Gasteiger partial charge in [-0.25, -0.2) is 8.42 Å². The van der Waals surface area contributed by atoms with Crippen LogP contribution in [0.25, 0.3) is 0 Å². The van der Waals surface area contributed by atoms with Crippen LogP contribution in [0.15, 0.2) is 36.4 Å². The maximum Gasteiger partial charge on any atom is 0.417 e. The zero-order valence-corrected chi connectivity index (χ0v) is 18.1. The highest BCUT2D eigenvalue weighted by Crippen LogP contribution is 2.38. The van der Waals surface area contributed by atoms with E-state index in [2.05, 4.69) is 4.72 Å². The molecule has 1 N–H and O–H groups in total. The summed E-state index contributed by atoms with van der Waals surface area (Å²) in [5.41, 5.74) is 0.179. The number of carbonyl (C=O) groups is 1. The molecule has 0 saturated carbocycles. The van der Waals surface area contributed by atoms with Crippen LogP contribution in [0.4, 0.5) is 24.5 Å². The number of halogens is 3. The normalized spacial score (nSPS) is 18.3. The minimum atomic E-state index is -4.77. The molecule has 2 heterocycles. The number of thiocarbonyl (C=S) groups is 1. The van der Waals surface area contributed by atoms with Gasteiger partial charge in [0.2, 0.25) is 10.0 Å². The fourth-order valence-electron chi connectivity index (χ4n) is 3.90. The van der Waals surface area contributed by atoms with Crippen molar-refractivity contribution in [3.63, 3.8) is 0 Å². The van der Waals surface area contributed by atoms with Crippen LogP contribution in [0.1, 0.15) is 22.3 Å². The Balaban J connectivity index is 1.68. The molecule has 0 aliphatic carbocycles. The molecular weight excluding hydrogens is 465 g/mol. The highest BCUT2D eigenvalue weighted by atomic mass is 32.2. The van der Waals surface area contributed by atoms with Gasteiger partial charge in [0.25, 0.3) is 5.91 Å². The van der Waals surface area contributed by atoms with Gasteiger partial charge in [-0.1, -0.05) is 6.07 Å². The summed E-state index contributed by atoms with van der Waals surface area (Å²) in [6, 6.07) is 8.80. The molecule has 2 aromatic rings. The number of anilines is 2. The van der Waals surface area contributed by atoms with E-state index in [0.29, 0.717) is 5.69 Å². The van der Waals surface area contributed by atoms with Crippen molar-refractivity contribution in [2.24, 2.45) is 0 Å². The van der Waals surface area contributed by atoms with Crippen LogP contribution >= 0.6 is 12.2 Å². The van der Waals surface area contributed by atoms with Crippen molar-refractivity contribution in [1.29, 1.82) is 5.26 Å². The second-order valence-electron chi connectivity index (χ2n) is 7.50. The van der Waals surface area contributed by atoms with Gasteiger partial charge in [-0.05, 0) is 53.7 Å². The summed E-state index contributed by atoms with van der Waals surface area (Å²) in [7, 11) is -3.47. The number of nitrogens with zero attached hydrogens (tertiary/aromatic N) is 3. The molecule has 2 aliphatic heterocycles. The smallest absolute Gasteiger partial charge is 0.332 e. The van der Waals surface area contributed by atoms with E-state index in [0.717, 1.165) is 34.4 Å². The third kappa shape index (κ3) is 3.89. The molecule has 4 rings (SSSR count). The number of carbonyl (C=O) groups excluding carboxylic acids is 1. The van der Waals surface area contributed by atoms with Gasteiger partial charge in [-0.2, -0.15) is 18.4 Å². The lowest BCUT2D eigenvalue weighted by Crippen LogP contribution is -2.40. The van der Waals surface area contributed by atoms with Crippen molar-refractivity contribution >= 4 is 44.6 Å². The topological polar surface area (TPSA) is 93.5 Å². The van der Waals surface area contributed by atoms with Crippen molar-refractivity contribution in [3.05, 3.63) is 58.7 Å². The molecule has 1 unspecified atom stereocenters. The summed E-state index contributed by atoms with van der Waals surface area (Å²) in [4.78, 5) is 15.7. The lowest BCUT2D eigenvalue weighted by Gasteiger charge is -2.30. The predicted octanol–water partition coefficient (Wildman–Crippen LogP) is 3.01. The van der Waals surface area contributed by atoms with Crippen molar-refractivity contribution in [3.8, 4) is 6.07 Å². The molecule has 2 aliphatic rings. The van der Waals surface area contributed by atoms with Gasteiger partial charge in [0.15, 0.2) is 5.11 Å². The maximum absolute atomic E-state index is 13.4. The molecule has 0 aromatic heterocycles. The van der Waals surface area contributed by atoms with E-state index in [1.54, 1.807) is 23.1 Å². The lowest BCUT2D eigenvalue weighted by molar-refractivity contribution is -0.137. The van der Waals surface area contributed by atoms with E-state index < -0.39 is 39.3 Å². The zero-order chi connectivity index (χ0) is 23.4. The second kappa shape index (κ2) is 7.46. The number of sulfonamides is 1. The first-order chi connectivity index (χ1) is 14.9.